The number of fused-ring (bicyclic) bond motifs is 1. The standard InChI is InChI=1S/C27H25BrClN3O2/c1-17(2)16-31(26(33)19-9-8-10-20(28)15-19)18(3)25-30-23-13-6-4-11-21(23)27(34)32(25)24-14-7-5-12-22(24)29/h4-15,17-18H,16H2,1-3H3. The van der Waals surface area contributed by atoms with E-state index in [1.54, 1.807) is 35.2 Å². The molecule has 0 spiro atoms. The molecule has 174 valence electrons. The average molecular weight is 539 g/mol. The molecule has 1 heterocycles. The predicted octanol–water partition coefficient (Wildman–Crippen LogP) is 6.66. The van der Waals surface area contributed by atoms with E-state index in [1.165, 1.54) is 4.57 Å². The quantitative estimate of drug-likeness (QED) is 0.276. The smallest absolute Gasteiger partial charge is 0.266 e. The van der Waals surface area contributed by atoms with Crippen LogP contribution in [-0.2, 0) is 0 Å². The predicted molar refractivity (Wildman–Crippen MR) is 141 cm³/mol. The van der Waals surface area contributed by atoms with Gasteiger partial charge in [-0.1, -0.05) is 71.7 Å². The number of hydrogen-bond donors (Lipinski definition) is 0. The number of hydrogen-bond acceptors (Lipinski definition) is 3. The monoisotopic (exact) mass is 537 g/mol. The normalized spacial score (nSPS) is 12.2. The van der Waals surface area contributed by atoms with Crippen molar-refractivity contribution in [3.05, 3.63) is 104 Å². The molecule has 0 aliphatic carbocycles. The van der Waals surface area contributed by atoms with Gasteiger partial charge in [-0.3, -0.25) is 14.2 Å². The fraction of sp³-hybridized carbons (Fsp3) is 0.222. The fourth-order valence-electron chi connectivity index (χ4n) is 4.03. The lowest BCUT2D eigenvalue weighted by Gasteiger charge is -2.32. The Balaban J connectivity index is 1.94. The summed E-state index contributed by atoms with van der Waals surface area (Å²) in [5.74, 6) is 0.538. The maximum Gasteiger partial charge on any atom is 0.266 e. The topological polar surface area (TPSA) is 55.2 Å². The van der Waals surface area contributed by atoms with Crippen molar-refractivity contribution in [1.82, 2.24) is 14.5 Å². The Bertz CT molecular complexity index is 1420. The number of carbonyl (C=O) groups is 1. The molecule has 4 rings (SSSR count). The van der Waals surface area contributed by atoms with Crippen molar-refractivity contribution < 1.29 is 4.79 Å². The molecule has 1 unspecified atom stereocenters. The van der Waals surface area contributed by atoms with E-state index in [0.29, 0.717) is 39.5 Å². The maximum atomic E-state index is 13.7. The molecule has 7 heteroatoms. The van der Waals surface area contributed by atoms with Gasteiger partial charge in [0.15, 0.2) is 0 Å². The largest absolute Gasteiger partial charge is 0.328 e. The third-order valence-electron chi connectivity index (χ3n) is 5.63. The zero-order valence-corrected chi connectivity index (χ0v) is 21.5. The molecular weight excluding hydrogens is 514 g/mol. The van der Waals surface area contributed by atoms with Gasteiger partial charge < -0.3 is 4.90 Å². The second-order valence-corrected chi connectivity index (χ2v) is 9.94. The van der Waals surface area contributed by atoms with E-state index in [-0.39, 0.29) is 17.4 Å². The molecule has 3 aromatic carbocycles. The Morgan fingerprint density at radius 2 is 1.74 bits per heavy atom. The van der Waals surface area contributed by atoms with E-state index in [2.05, 4.69) is 29.8 Å². The second kappa shape index (κ2) is 10.1. The van der Waals surface area contributed by atoms with Crippen LogP contribution in [0.25, 0.3) is 16.6 Å². The highest BCUT2D eigenvalue weighted by molar-refractivity contribution is 9.10. The lowest BCUT2D eigenvalue weighted by molar-refractivity contribution is 0.0655. The molecule has 1 aromatic heterocycles. The van der Waals surface area contributed by atoms with Crippen LogP contribution in [0.15, 0.2) is 82.1 Å². The summed E-state index contributed by atoms with van der Waals surface area (Å²) in [6.07, 6.45) is 0. The van der Waals surface area contributed by atoms with Gasteiger partial charge in [0.25, 0.3) is 11.5 Å². The van der Waals surface area contributed by atoms with Gasteiger partial charge in [-0.25, -0.2) is 4.98 Å². The molecule has 5 nitrogen and oxygen atoms in total. The minimum atomic E-state index is -0.498. The minimum Gasteiger partial charge on any atom is -0.328 e. The minimum absolute atomic E-state index is 0.129. The molecule has 4 aromatic rings. The van der Waals surface area contributed by atoms with Gasteiger partial charge in [0.1, 0.15) is 5.82 Å². The molecule has 0 aliphatic heterocycles. The summed E-state index contributed by atoms with van der Waals surface area (Å²) in [5, 5.41) is 0.927. The van der Waals surface area contributed by atoms with Gasteiger partial charge in [-0.05, 0) is 55.3 Å². The summed E-state index contributed by atoms with van der Waals surface area (Å²) < 4.78 is 2.36. The summed E-state index contributed by atoms with van der Waals surface area (Å²) in [4.78, 5) is 34.0. The number of benzene rings is 3. The van der Waals surface area contributed by atoms with Crippen molar-refractivity contribution in [1.29, 1.82) is 0 Å². The Hall–Kier alpha value is -2.96. The molecule has 0 bridgehead atoms. The molecular formula is C27H25BrClN3O2. The first-order valence-electron chi connectivity index (χ1n) is 11.1. The van der Waals surface area contributed by atoms with Crippen molar-refractivity contribution >= 4 is 44.3 Å². The summed E-state index contributed by atoms with van der Waals surface area (Å²) in [6, 6.07) is 21.2. The number of amides is 1. The first-order chi connectivity index (χ1) is 16.3. The number of nitrogens with zero attached hydrogens (tertiary/aromatic N) is 3. The lowest BCUT2D eigenvalue weighted by Crippen LogP contribution is -2.39. The van der Waals surface area contributed by atoms with Crippen LogP contribution in [0.4, 0.5) is 0 Å². The van der Waals surface area contributed by atoms with Crippen molar-refractivity contribution in [2.45, 2.75) is 26.8 Å². The number of aromatic nitrogens is 2. The molecule has 0 aliphatic rings. The van der Waals surface area contributed by atoms with Gasteiger partial charge in [-0.15, -0.1) is 0 Å². The number of carbonyl (C=O) groups excluding carboxylic acids is 1. The van der Waals surface area contributed by atoms with Gasteiger partial charge >= 0.3 is 0 Å². The molecule has 34 heavy (non-hydrogen) atoms. The van der Waals surface area contributed by atoms with Crippen LogP contribution in [0.3, 0.4) is 0 Å². The van der Waals surface area contributed by atoms with Crippen LogP contribution in [-0.4, -0.2) is 26.9 Å². The first kappa shape index (κ1) is 24.2. The zero-order valence-electron chi connectivity index (χ0n) is 19.2. The molecule has 1 atom stereocenters. The van der Waals surface area contributed by atoms with Gasteiger partial charge in [0, 0.05) is 16.6 Å². The van der Waals surface area contributed by atoms with Crippen molar-refractivity contribution in [2.75, 3.05) is 6.54 Å². The van der Waals surface area contributed by atoms with Crippen molar-refractivity contribution in [3.8, 4) is 5.69 Å². The van der Waals surface area contributed by atoms with E-state index in [0.717, 1.165) is 4.47 Å². The highest BCUT2D eigenvalue weighted by atomic mass is 79.9. The number of para-hydroxylation sites is 2. The fourth-order valence-corrected chi connectivity index (χ4v) is 4.65. The third-order valence-corrected chi connectivity index (χ3v) is 6.44. The van der Waals surface area contributed by atoms with Crippen LogP contribution in [0.1, 0.15) is 43.0 Å². The zero-order chi connectivity index (χ0) is 24.4. The van der Waals surface area contributed by atoms with Gasteiger partial charge in [0.05, 0.1) is 27.7 Å². The molecule has 0 saturated heterocycles. The van der Waals surface area contributed by atoms with Crippen LogP contribution < -0.4 is 5.56 Å². The highest BCUT2D eigenvalue weighted by Gasteiger charge is 2.28. The van der Waals surface area contributed by atoms with E-state index >= 15 is 0 Å². The van der Waals surface area contributed by atoms with E-state index in [1.807, 2.05) is 49.4 Å². The van der Waals surface area contributed by atoms with Gasteiger partial charge in [0.2, 0.25) is 0 Å². The Kier molecular flexibility index (Phi) is 7.19. The number of halogens is 2. The highest BCUT2D eigenvalue weighted by Crippen LogP contribution is 2.28. The molecule has 0 saturated carbocycles. The number of rotatable bonds is 6. The molecule has 0 N–H and O–H groups in total. The van der Waals surface area contributed by atoms with Crippen molar-refractivity contribution in [2.24, 2.45) is 5.92 Å². The van der Waals surface area contributed by atoms with Crippen LogP contribution >= 0.6 is 27.5 Å². The lowest BCUT2D eigenvalue weighted by atomic mass is 10.1. The summed E-state index contributed by atoms with van der Waals surface area (Å²) >= 11 is 9.98. The molecule has 1 amide bonds. The van der Waals surface area contributed by atoms with Crippen molar-refractivity contribution in [3.63, 3.8) is 0 Å². The van der Waals surface area contributed by atoms with E-state index in [9.17, 15) is 9.59 Å². The summed E-state index contributed by atoms with van der Waals surface area (Å²) in [5.41, 5.74) is 1.46. The average Bonchev–Trinajstić information content (AvgIpc) is 2.82. The summed E-state index contributed by atoms with van der Waals surface area (Å²) in [7, 11) is 0. The maximum absolute atomic E-state index is 13.7. The molecule has 0 fully saturated rings. The first-order valence-corrected chi connectivity index (χ1v) is 12.3. The van der Waals surface area contributed by atoms with E-state index < -0.39 is 6.04 Å². The Morgan fingerprint density at radius 1 is 1.03 bits per heavy atom. The third kappa shape index (κ3) is 4.79. The van der Waals surface area contributed by atoms with Crippen LogP contribution in [0, 0.1) is 5.92 Å². The van der Waals surface area contributed by atoms with E-state index in [4.69, 9.17) is 16.6 Å². The summed E-state index contributed by atoms with van der Waals surface area (Å²) in [6.45, 7) is 6.52. The Morgan fingerprint density at radius 3 is 2.44 bits per heavy atom. The Labute approximate surface area is 212 Å². The second-order valence-electron chi connectivity index (χ2n) is 8.62. The van der Waals surface area contributed by atoms with Crippen LogP contribution in [0.2, 0.25) is 5.02 Å². The SMILES string of the molecule is CC(C)CN(C(=O)c1cccc(Br)c1)C(C)c1nc2ccccc2c(=O)n1-c1ccccc1Cl. The van der Waals surface area contributed by atoms with Gasteiger partial charge in [-0.2, -0.15) is 0 Å². The molecule has 0 radical (unpaired) electrons. The van der Waals surface area contributed by atoms with Crippen LogP contribution in [0.5, 0.6) is 0 Å².